The van der Waals surface area contributed by atoms with Gasteiger partial charge in [0.2, 0.25) is 0 Å². The van der Waals surface area contributed by atoms with E-state index in [1.165, 1.54) is 7.11 Å². The molecule has 3 rings (SSSR count). The van der Waals surface area contributed by atoms with Crippen molar-refractivity contribution in [2.75, 3.05) is 13.7 Å². The molecule has 0 aromatic heterocycles. The lowest BCUT2D eigenvalue weighted by molar-refractivity contribution is -0.133. The van der Waals surface area contributed by atoms with Crippen molar-refractivity contribution < 1.29 is 19.1 Å². The van der Waals surface area contributed by atoms with Gasteiger partial charge in [0, 0.05) is 0 Å². The predicted octanol–water partition coefficient (Wildman–Crippen LogP) is 2.38. The van der Waals surface area contributed by atoms with Gasteiger partial charge in [0.05, 0.1) is 19.2 Å². The number of hydrogen-bond donors (Lipinski definition) is 1. The van der Waals surface area contributed by atoms with Gasteiger partial charge in [-0.25, -0.2) is 4.79 Å². The second-order valence-corrected chi connectivity index (χ2v) is 6.56. The van der Waals surface area contributed by atoms with E-state index in [-0.39, 0.29) is 24.2 Å². The fraction of sp³-hybridized carbons (Fsp3) is 0.500. The molecule has 2 aliphatic rings. The molecule has 1 aliphatic carbocycles. The van der Waals surface area contributed by atoms with Crippen LogP contribution in [0.3, 0.4) is 0 Å². The maximum absolute atomic E-state index is 12.9. The number of Topliss-reactive ketones (excluding diaryl/α,β-unsaturated/α-hetero) is 1. The second-order valence-electron chi connectivity index (χ2n) is 6.56. The monoisotopic (exact) mass is 330 g/mol. The Morgan fingerprint density at radius 3 is 2.79 bits per heavy atom. The van der Waals surface area contributed by atoms with Crippen LogP contribution in [-0.2, 0) is 4.79 Å². The summed E-state index contributed by atoms with van der Waals surface area (Å²) in [5.74, 6) is -0.0659. The predicted molar refractivity (Wildman–Crippen MR) is 87.9 cm³/mol. The molecule has 2 unspecified atom stereocenters. The SMILES string of the molecule is COc1ccccc1C(=O)CN1C(=O)NC2(CCCCC2C)C1=O. The minimum Gasteiger partial charge on any atom is -0.496 e. The standard InChI is InChI=1S/C18H22N2O4/c1-12-7-5-6-10-18(12)16(22)20(17(23)19-18)11-14(21)13-8-3-4-9-15(13)24-2/h3-4,8-9,12H,5-7,10-11H2,1-2H3,(H,19,23). The Labute approximate surface area is 141 Å². The molecular weight excluding hydrogens is 308 g/mol. The fourth-order valence-corrected chi connectivity index (χ4v) is 3.74. The van der Waals surface area contributed by atoms with E-state index in [1.54, 1.807) is 24.3 Å². The summed E-state index contributed by atoms with van der Waals surface area (Å²) in [4.78, 5) is 38.8. The molecule has 2 atom stereocenters. The Bertz CT molecular complexity index is 687. The maximum atomic E-state index is 12.9. The van der Waals surface area contributed by atoms with E-state index >= 15 is 0 Å². The highest BCUT2D eigenvalue weighted by molar-refractivity contribution is 6.11. The summed E-state index contributed by atoms with van der Waals surface area (Å²) in [5.41, 5.74) is -0.464. The first-order valence-corrected chi connectivity index (χ1v) is 8.30. The number of amides is 3. The van der Waals surface area contributed by atoms with E-state index < -0.39 is 11.6 Å². The van der Waals surface area contributed by atoms with Gasteiger partial charge < -0.3 is 10.1 Å². The number of rotatable bonds is 4. The van der Waals surface area contributed by atoms with Gasteiger partial charge in [0.15, 0.2) is 5.78 Å². The van der Waals surface area contributed by atoms with Crippen LogP contribution in [0.25, 0.3) is 0 Å². The van der Waals surface area contributed by atoms with Crippen LogP contribution in [0.2, 0.25) is 0 Å². The normalized spacial score (nSPS) is 26.6. The van der Waals surface area contributed by atoms with Crippen LogP contribution in [0.1, 0.15) is 43.0 Å². The number of ketones is 1. The van der Waals surface area contributed by atoms with Gasteiger partial charge in [0.1, 0.15) is 11.3 Å². The topological polar surface area (TPSA) is 75.7 Å². The number of nitrogens with one attached hydrogen (secondary N) is 1. The van der Waals surface area contributed by atoms with E-state index in [2.05, 4.69) is 5.32 Å². The molecule has 1 N–H and O–H groups in total. The van der Waals surface area contributed by atoms with Crippen LogP contribution in [0.15, 0.2) is 24.3 Å². The lowest BCUT2D eigenvalue weighted by Crippen LogP contribution is -2.54. The van der Waals surface area contributed by atoms with Crippen molar-refractivity contribution in [3.05, 3.63) is 29.8 Å². The third kappa shape index (κ3) is 2.56. The average Bonchev–Trinajstić information content (AvgIpc) is 2.82. The Morgan fingerprint density at radius 2 is 2.08 bits per heavy atom. The van der Waals surface area contributed by atoms with E-state index in [4.69, 9.17) is 4.74 Å². The summed E-state index contributed by atoms with van der Waals surface area (Å²) < 4.78 is 5.19. The minimum atomic E-state index is -0.837. The number of nitrogens with zero attached hydrogens (tertiary/aromatic N) is 1. The highest BCUT2D eigenvalue weighted by atomic mass is 16.5. The molecule has 6 heteroatoms. The molecule has 1 aromatic rings. The molecule has 0 bridgehead atoms. The molecule has 1 saturated carbocycles. The van der Waals surface area contributed by atoms with Crippen LogP contribution in [-0.4, -0.2) is 41.8 Å². The van der Waals surface area contributed by atoms with Crippen molar-refractivity contribution in [1.82, 2.24) is 10.2 Å². The van der Waals surface area contributed by atoms with Crippen molar-refractivity contribution in [3.8, 4) is 5.75 Å². The Hall–Kier alpha value is -2.37. The van der Waals surface area contributed by atoms with Crippen LogP contribution < -0.4 is 10.1 Å². The van der Waals surface area contributed by atoms with Crippen LogP contribution >= 0.6 is 0 Å². The number of hydrogen-bond acceptors (Lipinski definition) is 4. The number of para-hydroxylation sites is 1. The van der Waals surface area contributed by atoms with E-state index in [0.29, 0.717) is 17.7 Å². The lowest BCUT2D eigenvalue weighted by atomic mass is 9.73. The first kappa shape index (κ1) is 16.5. The third-order valence-corrected chi connectivity index (χ3v) is 5.21. The first-order chi connectivity index (χ1) is 11.5. The first-order valence-electron chi connectivity index (χ1n) is 8.30. The fourth-order valence-electron chi connectivity index (χ4n) is 3.74. The quantitative estimate of drug-likeness (QED) is 0.679. The molecule has 1 aliphatic heterocycles. The van der Waals surface area contributed by atoms with Gasteiger partial charge in [-0.15, -0.1) is 0 Å². The molecule has 1 heterocycles. The summed E-state index contributed by atoms with van der Waals surface area (Å²) in [6.07, 6.45) is 3.51. The molecule has 128 valence electrons. The number of carbonyl (C=O) groups excluding carboxylic acids is 3. The van der Waals surface area contributed by atoms with E-state index in [9.17, 15) is 14.4 Å². The van der Waals surface area contributed by atoms with E-state index in [0.717, 1.165) is 24.2 Å². The molecule has 1 saturated heterocycles. The van der Waals surface area contributed by atoms with Crippen LogP contribution in [0, 0.1) is 5.92 Å². The molecule has 0 radical (unpaired) electrons. The van der Waals surface area contributed by atoms with E-state index in [1.807, 2.05) is 6.92 Å². The summed E-state index contributed by atoms with van der Waals surface area (Å²) in [6, 6.07) is 6.34. The van der Waals surface area contributed by atoms with Crippen LogP contribution in [0.5, 0.6) is 5.75 Å². The molecule has 3 amide bonds. The maximum Gasteiger partial charge on any atom is 0.325 e. The number of ether oxygens (including phenoxy) is 1. The Balaban J connectivity index is 1.81. The van der Waals surface area contributed by atoms with Crippen molar-refractivity contribution in [3.63, 3.8) is 0 Å². The summed E-state index contributed by atoms with van der Waals surface area (Å²) in [6.45, 7) is 1.72. The average molecular weight is 330 g/mol. The van der Waals surface area contributed by atoms with Crippen molar-refractivity contribution in [2.24, 2.45) is 5.92 Å². The molecule has 6 nitrogen and oxygen atoms in total. The third-order valence-electron chi connectivity index (χ3n) is 5.21. The molecule has 2 fully saturated rings. The molecular formula is C18H22N2O4. The van der Waals surface area contributed by atoms with Gasteiger partial charge >= 0.3 is 6.03 Å². The number of benzene rings is 1. The van der Waals surface area contributed by atoms with Crippen molar-refractivity contribution in [2.45, 2.75) is 38.1 Å². The minimum absolute atomic E-state index is 0.0778. The number of methoxy groups -OCH3 is 1. The highest BCUT2D eigenvalue weighted by Gasteiger charge is 2.55. The summed E-state index contributed by atoms with van der Waals surface area (Å²) in [5, 5.41) is 2.86. The van der Waals surface area contributed by atoms with Crippen LogP contribution in [0.4, 0.5) is 4.79 Å². The van der Waals surface area contributed by atoms with Gasteiger partial charge in [-0.1, -0.05) is 31.9 Å². The number of imide groups is 1. The van der Waals surface area contributed by atoms with Gasteiger partial charge in [-0.3, -0.25) is 14.5 Å². The molecule has 1 aromatic carbocycles. The Morgan fingerprint density at radius 1 is 1.33 bits per heavy atom. The van der Waals surface area contributed by atoms with Gasteiger partial charge in [0.25, 0.3) is 5.91 Å². The van der Waals surface area contributed by atoms with Crippen molar-refractivity contribution >= 4 is 17.7 Å². The smallest absolute Gasteiger partial charge is 0.325 e. The van der Waals surface area contributed by atoms with Gasteiger partial charge in [-0.05, 0) is 30.9 Å². The molecule has 1 spiro atoms. The second kappa shape index (κ2) is 6.26. The zero-order chi connectivity index (χ0) is 17.3. The lowest BCUT2D eigenvalue weighted by Gasteiger charge is -2.36. The zero-order valence-corrected chi connectivity index (χ0v) is 14.0. The number of carbonyl (C=O) groups is 3. The summed E-state index contributed by atoms with van der Waals surface area (Å²) >= 11 is 0. The summed E-state index contributed by atoms with van der Waals surface area (Å²) in [7, 11) is 1.48. The van der Waals surface area contributed by atoms with Crippen molar-refractivity contribution in [1.29, 1.82) is 0 Å². The zero-order valence-electron chi connectivity index (χ0n) is 14.0. The Kier molecular flexibility index (Phi) is 4.30. The largest absolute Gasteiger partial charge is 0.496 e. The number of urea groups is 1. The molecule has 24 heavy (non-hydrogen) atoms. The van der Waals surface area contributed by atoms with Gasteiger partial charge in [-0.2, -0.15) is 0 Å². The highest BCUT2D eigenvalue weighted by Crippen LogP contribution is 2.38.